The van der Waals surface area contributed by atoms with Crippen LogP contribution in [0.2, 0.25) is 0 Å². The summed E-state index contributed by atoms with van der Waals surface area (Å²) in [6.45, 7) is 5.23. The molecule has 0 fully saturated rings. The highest BCUT2D eigenvalue weighted by atomic mass is 16.2. The van der Waals surface area contributed by atoms with Gasteiger partial charge in [0.2, 0.25) is 5.91 Å². The van der Waals surface area contributed by atoms with Gasteiger partial charge in [0.1, 0.15) is 0 Å². The summed E-state index contributed by atoms with van der Waals surface area (Å²) in [4.78, 5) is 11.8. The van der Waals surface area contributed by atoms with E-state index >= 15 is 0 Å². The molecule has 0 saturated carbocycles. The summed E-state index contributed by atoms with van der Waals surface area (Å²) in [5.41, 5.74) is 5.89. The molecule has 0 aromatic heterocycles. The van der Waals surface area contributed by atoms with Gasteiger partial charge in [-0.2, -0.15) is 0 Å². The number of hydrogen-bond acceptors (Lipinski definition) is 2. The van der Waals surface area contributed by atoms with Crippen molar-refractivity contribution >= 4 is 5.91 Å². The third-order valence-corrected chi connectivity index (χ3v) is 4.79. The van der Waals surface area contributed by atoms with Gasteiger partial charge in [0.25, 0.3) is 0 Å². The van der Waals surface area contributed by atoms with E-state index in [1.165, 1.54) is 83.5 Å². The van der Waals surface area contributed by atoms with Crippen LogP contribution in [-0.2, 0) is 4.79 Å². The molecule has 1 atom stereocenters. The second kappa shape index (κ2) is 18.8. The third kappa shape index (κ3) is 16.3. The lowest BCUT2D eigenvalue weighted by Crippen LogP contribution is -2.40. The van der Waals surface area contributed by atoms with Gasteiger partial charge >= 0.3 is 0 Å². The van der Waals surface area contributed by atoms with Gasteiger partial charge in [-0.3, -0.25) is 4.79 Å². The van der Waals surface area contributed by atoms with E-state index in [4.69, 9.17) is 5.73 Å². The van der Waals surface area contributed by atoms with Crippen LogP contribution in [0.5, 0.6) is 0 Å². The van der Waals surface area contributed by atoms with Crippen LogP contribution in [0.15, 0.2) is 0 Å². The minimum Gasteiger partial charge on any atom is -0.355 e. The molecular formula is C21H44N2O. The van der Waals surface area contributed by atoms with E-state index in [1.807, 2.05) is 0 Å². The first-order valence-corrected chi connectivity index (χ1v) is 10.8. The van der Waals surface area contributed by atoms with Crippen LogP contribution in [0.4, 0.5) is 0 Å². The molecular weight excluding hydrogens is 296 g/mol. The fourth-order valence-electron chi connectivity index (χ4n) is 3.05. The zero-order valence-corrected chi connectivity index (χ0v) is 16.6. The smallest absolute Gasteiger partial charge is 0.236 e. The molecule has 0 aliphatic heterocycles. The molecule has 24 heavy (non-hydrogen) atoms. The number of carbonyl (C=O) groups excluding carboxylic acids is 1. The molecule has 3 N–H and O–H groups in total. The Morgan fingerprint density at radius 3 is 1.62 bits per heavy atom. The van der Waals surface area contributed by atoms with Gasteiger partial charge in [0.15, 0.2) is 0 Å². The Hall–Kier alpha value is -0.570. The number of unbranched alkanes of at least 4 members (excludes halogenated alkanes) is 13. The van der Waals surface area contributed by atoms with Crippen LogP contribution >= 0.6 is 0 Å². The second-order valence-electron chi connectivity index (χ2n) is 7.28. The van der Waals surface area contributed by atoms with E-state index < -0.39 is 0 Å². The maximum atomic E-state index is 11.8. The molecule has 3 heteroatoms. The van der Waals surface area contributed by atoms with Crippen LogP contribution in [0.25, 0.3) is 0 Å². The maximum Gasteiger partial charge on any atom is 0.236 e. The van der Waals surface area contributed by atoms with Gasteiger partial charge in [-0.05, 0) is 12.8 Å². The summed E-state index contributed by atoms with van der Waals surface area (Å²) in [6.07, 6.45) is 20.4. The fourth-order valence-corrected chi connectivity index (χ4v) is 3.05. The predicted octanol–water partition coefficient (Wildman–Crippen LogP) is 5.71. The first-order chi connectivity index (χ1) is 11.7. The number of amides is 1. The van der Waals surface area contributed by atoms with Crippen molar-refractivity contribution in [3.8, 4) is 0 Å². The Balaban J connectivity index is 3.23. The lowest BCUT2D eigenvalue weighted by molar-refractivity contribution is -0.122. The van der Waals surface area contributed by atoms with E-state index in [0.29, 0.717) is 0 Å². The molecule has 0 spiro atoms. The summed E-state index contributed by atoms with van der Waals surface area (Å²) in [5.74, 6) is 0.0363. The molecule has 0 aliphatic carbocycles. The monoisotopic (exact) mass is 340 g/mol. The first-order valence-electron chi connectivity index (χ1n) is 10.8. The Labute approximate surface area is 151 Å². The van der Waals surface area contributed by atoms with Crippen molar-refractivity contribution < 1.29 is 4.79 Å². The summed E-state index contributed by atoms with van der Waals surface area (Å²) in [6, 6.07) is -0.311. The standard InChI is InChI=1S/C21H44N2O/c1-3-5-7-8-9-10-11-12-13-14-15-17-19-23-21(24)20(22)18-16-6-4-2/h20H,3-19,22H2,1-2H3,(H,23,24). The highest BCUT2D eigenvalue weighted by Crippen LogP contribution is 2.11. The normalized spacial score (nSPS) is 12.3. The van der Waals surface area contributed by atoms with Gasteiger partial charge in [-0.25, -0.2) is 0 Å². The van der Waals surface area contributed by atoms with Crippen molar-refractivity contribution in [3.63, 3.8) is 0 Å². The van der Waals surface area contributed by atoms with Gasteiger partial charge in [-0.15, -0.1) is 0 Å². The molecule has 144 valence electrons. The average molecular weight is 341 g/mol. The van der Waals surface area contributed by atoms with Gasteiger partial charge < -0.3 is 11.1 Å². The molecule has 0 saturated heterocycles. The Bertz CT molecular complexity index is 269. The number of nitrogens with one attached hydrogen (secondary N) is 1. The van der Waals surface area contributed by atoms with E-state index in [0.717, 1.165) is 25.8 Å². The SMILES string of the molecule is CCCCCCCCCCCCCCNC(=O)C(N)CCCCC. The molecule has 1 unspecified atom stereocenters. The predicted molar refractivity (Wildman–Crippen MR) is 106 cm³/mol. The van der Waals surface area contributed by atoms with Crippen LogP contribution in [0, 0.1) is 0 Å². The lowest BCUT2D eigenvalue weighted by atomic mass is 10.1. The molecule has 0 rings (SSSR count). The molecule has 0 heterocycles. The topological polar surface area (TPSA) is 55.1 Å². The number of hydrogen-bond donors (Lipinski definition) is 2. The Kier molecular flexibility index (Phi) is 18.3. The Morgan fingerprint density at radius 2 is 1.12 bits per heavy atom. The van der Waals surface area contributed by atoms with Crippen molar-refractivity contribution in [2.75, 3.05) is 6.54 Å². The maximum absolute atomic E-state index is 11.8. The molecule has 0 bridgehead atoms. The van der Waals surface area contributed by atoms with Crippen LogP contribution < -0.4 is 11.1 Å². The highest BCUT2D eigenvalue weighted by Gasteiger charge is 2.11. The Morgan fingerprint density at radius 1 is 0.708 bits per heavy atom. The van der Waals surface area contributed by atoms with E-state index in [9.17, 15) is 4.79 Å². The van der Waals surface area contributed by atoms with Gasteiger partial charge in [0.05, 0.1) is 6.04 Å². The third-order valence-electron chi connectivity index (χ3n) is 4.79. The summed E-state index contributed by atoms with van der Waals surface area (Å²) in [7, 11) is 0. The summed E-state index contributed by atoms with van der Waals surface area (Å²) >= 11 is 0. The van der Waals surface area contributed by atoms with Crippen molar-refractivity contribution in [2.45, 2.75) is 123 Å². The quantitative estimate of drug-likeness (QED) is 0.314. The summed E-state index contributed by atoms with van der Waals surface area (Å²) in [5, 5.41) is 2.98. The minimum absolute atomic E-state index is 0.0363. The van der Waals surface area contributed by atoms with Crippen molar-refractivity contribution in [1.29, 1.82) is 0 Å². The molecule has 0 aliphatic rings. The summed E-state index contributed by atoms with van der Waals surface area (Å²) < 4.78 is 0. The number of carbonyl (C=O) groups is 1. The first kappa shape index (κ1) is 23.4. The van der Waals surface area contributed by atoms with E-state index in [1.54, 1.807) is 0 Å². The number of rotatable bonds is 18. The lowest BCUT2D eigenvalue weighted by Gasteiger charge is -2.11. The van der Waals surface area contributed by atoms with Gasteiger partial charge in [-0.1, -0.05) is 104 Å². The fraction of sp³-hybridized carbons (Fsp3) is 0.952. The van der Waals surface area contributed by atoms with Crippen molar-refractivity contribution in [2.24, 2.45) is 5.73 Å². The highest BCUT2D eigenvalue weighted by molar-refractivity contribution is 5.81. The van der Waals surface area contributed by atoms with Crippen LogP contribution in [-0.4, -0.2) is 18.5 Å². The second-order valence-corrected chi connectivity index (χ2v) is 7.28. The molecule has 3 nitrogen and oxygen atoms in total. The molecule has 1 amide bonds. The molecule has 0 aromatic carbocycles. The largest absolute Gasteiger partial charge is 0.355 e. The zero-order valence-electron chi connectivity index (χ0n) is 16.6. The zero-order chi connectivity index (χ0) is 17.9. The molecule has 0 aromatic rings. The van der Waals surface area contributed by atoms with E-state index in [-0.39, 0.29) is 11.9 Å². The average Bonchev–Trinajstić information content (AvgIpc) is 2.58. The van der Waals surface area contributed by atoms with E-state index in [2.05, 4.69) is 19.2 Å². The van der Waals surface area contributed by atoms with Crippen LogP contribution in [0.1, 0.15) is 117 Å². The molecule has 0 radical (unpaired) electrons. The van der Waals surface area contributed by atoms with Crippen molar-refractivity contribution in [1.82, 2.24) is 5.32 Å². The minimum atomic E-state index is -0.311. The van der Waals surface area contributed by atoms with Gasteiger partial charge in [0, 0.05) is 6.54 Å². The van der Waals surface area contributed by atoms with Crippen LogP contribution in [0.3, 0.4) is 0 Å². The van der Waals surface area contributed by atoms with Crippen molar-refractivity contribution in [3.05, 3.63) is 0 Å². The number of nitrogens with two attached hydrogens (primary N) is 1.